The number of amides is 3. The van der Waals surface area contributed by atoms with Crippen molar-refractivity contribution in [3.8, 4) is 0 Å². The summed E-state index contributed by atoms with van der Waals surface area (Å²) < 4.78 is 5.42. The van der Waals surface area contributed by atoms with Crippen molar-refractivity contribution in [3.63, 3.8) is 0 Å². The highest BCUT2D eigenvalue weighted by Gasteiger charge is 2.36. The van der Waals surface area contributed by atoms with Gasteiger partial charge in [0, 0.05) is 31.4 Å². The summed E-state index contributed by atoms with van der Waals surface area (Å²) in [7, 11) is 0. The maximum absolute atomic E-state index is 12.8. The molecule has 3 rings (SSSR count). The Morgan fingerprint density at radius 3 is 2.59 bits per heavy atom. The van der Waals surface area contributed by atoms with E-state index >= 15 is 0 Å². The van der Waals surface area contributed by atoms with E-state index in [0.29, 0.717) is 25.2 Å². The van der Waals surface area contributed by atoms with Crippen molar-refractivity contribution in [1.29, 1.82) is 0 Å². The number of ether oxygens (including phenoxy) is 1. The molecule has 1 aromatic rings. The van der Waals surface area contributed by atoms with Crippen molar-refractivity contribution in [2.45, 2.75) is 58.6 Å². The average molecular weight is 373 g/mol. The normalized spacial score (nSPS) is 19.0. The monoisotopic (exact) mass is 373 g/mol. The van der Waals surface area contributed by atoms with E-state index in [-0.39, 0.29) is 11.8 Å². The van der Waals surface area contributed by atoms with Crippen molar-refractivity contribution in [1.82, 2.24) is 4.90 Å². The molecular formula is C20H27N3O4. The molecule has 1 atom stereocenters. The summed E-state index contributed by atoms with van der Waals surface area (Å²) in [5.74, 6) is -0.241. The van der Waals surface area contributed by atoms with Crippen molar-refractivity contribution >= 4 is 29.3 Å². The molecule has 2 aliphatic rings. The van der Waals surface area contributed by atoms with Gasteiger partial charge in [-0.2, -0.15) is 0 Å². The van der Waals surface area contributed by atoms with Crippen LogP contribution in [0.2, 0.25) is 0 Å². The van der Waals surface area contributed by atoms with Crippen LogP contribution >= 0.6 is 0 Å². The lowest BCUT2D eigenvalue weighted by Gasteiger charge is -2.28. The largest absolute Gasteiger partial charge is 0.444 e. The molecule has 0 aromatic heterocycles. The smallest absolute Gasteiger partial charge is 0.410 e. The molecule has 0 aliphatic carbocycles. The van der Waals surface area contributed by atoms with Crippen molar-refractivity contribution in [3.05, 3.63) is 23.8 Å². The second-order valence-electron chi connectivity index (χ2n) is 8.09. The molecule has 0 bridgehead atoms. The fraction of sp³-hybridized carbons (Fsp3) is 0.550. The molecule has 2 heterocycles. The SMILES string of the molecule is CC(=O)N1CCc2ccc(NC(=O)C3CCCN3C(=O)OC(C)(C)C)cc21. The highest BCUT2D eigenvalue weighted by molar-refractivity contribution is 5.99. The third-order valence-electron chi connectivity index (χ3n) is 4.81. The third kappa shape index (κ3) is 4.23. The van der Waals surface area contributed by atoms with E-state index in [0.717, 1.165) is 24.1 Å². The molecule has 0 spiro atoms. The number of benzene rings is 1. The lowest BCUT2D eigenvalue weighted by atomic mass is 10.1. The van der Waals surface area contributed by atoms with Gasteiger partial charge in [0.15, 0.2) is 0 Å². The minimum Gasteiger partial charge on any atom is -0.444 e. The Bertz CT molecular complexity index is 769. The molecule has 2 aliphatic heterocycles. The Balaban J connectivity index is 1.71. The van der Waals surface area contributed by atoms with Gasteiger partial charge in [-0.25, -0.2) is 4.79 Å². The molecule has 1 saturated heterocycles. The number of carbonyl (C=O) groups is 3. The summed E-state index contributed by atoms with van der Waals surface area (Å²) in [5, 5.41) is 2.89. The maximum Gasteiger partial charge on any atom is 0.410 e. The predicted octanol–water partition coefficient (Wildman–Crippen LogP) is 2.93. The van der Waals surface area contributed by atoms with E-state index < -0.39 is 17.7 Å². The molecule has 1 fully saturated rings. The zero-order valence-electron chi connectivity index (χ0n) is 16.4. The first-order chi connectivity index (χ1) is 12.7. The molecule has 3 amide bonds. The lowest BCUT2D eigenvalue weighted by molar-refractivity contribution is -0.120. The van der Waals surface area contributed by atoms with Gasteiger partial charge in [0.05, 0.1) is 0 Å². The topological polar surface area (TPSA) is 79.0 Å². The Morgan fingerprint density at radius 2 is 1.93 bits per heavy atom. The van der Waals surface area contributed by atoms with E-state index in [4.69, 9.17) is 4.74 Å². The number of fused-ring (bicyclic) bond motifs is 1. The number of nitrogens with one attached hydrogen (secondary N) is 1. The van der Waals surface area contributed by atoms with Crippen LogP contribution in [0.3, 0.4) is 0 Å². The van der Waals surface area contributed by atoms with E-state index in [1.54, 1.807) is 25.7 Å². The molecular weight excluding hydrogens is 346 g/mol. The molecule has 1 N–H and O–H groups in total. The molecule has 1 aromatic carbocycles. The zero-order valence-corrected chi connectivity index (χ0v) is 16.4. The minimum absolute atomic E-state index is 0.0101. The molecule has 1 unspecified atom stereocenters. The molecule has 0 saturated carbocycles. The van der Waals surface area contributed by atoms with Crippen LogP contribution in [0.4, 0.5) is 16.2 Å². The Hall–Kier alpha value is -2.57. The minimum atomic E-state index is -0.600. The first kappa shape index (κ1) is 19.2. The van der Waals surface area contributed by atoms with Gasteiger partial charge in [-0.15, -0.1) is 0 Å². The number of anilines is 2. The summed E-state index contributed by atoms with van der Waals surface area (Å²) >= 11 is 0. The number of likely N-dealkylation sites (tertiary alicyclic amines) is 1. The molecule has 7 nitrogen and oxygen atoms in total. The van der Waals surface area contributed by atoms with E-state index in [1.165, 1.54) is 11.8 Å². The fourth-order valence-corrected chi connectivity index (χ4v) is 3.59. The van der Waals surface area contributed by atoms with Crippen LogP contribution in [0.15, 0.2) is 18.2 Å². The van der Waals surface area contributed by atoms with Crippen molar-refractivity contribution < 1.29 is 19.1 Å². The van der Waals surface area contributed by atoms with Gasteiger partial charge < -0.3 is 15.0 Å². The summed E-state index contributed by atoms with van der Waals surface area (Å²) in [6.45, 7) is 8.13. The first-order valence-electron chi connectivity index (χ1n) is 9.37. The van der Waals surface area contributed by atoms with Crippen molar-refractivity contribution in [2.75, 3.05) is 23.3 Å². The van der Waals surface area contributed by atoms with E-state index in [2.05, 4.69) is 5.32 Å². The third-order valence-corrected chi connectivity index (χ3v) is 4.81. The summed E-state index contributed by atoms with van der Waals surface area (Å²) in [4.78, 5) is 40.1. The number of hydrogen-bond donors (Lipinski definition) is 1. The summed E-state index contributed by atoms with van der Waals surface area (Å²) in [6.07, 6.45) is 1.73. The first-order valence-corrected chi connectivity index (χ1v) is 9.37. The maximum atomic E-state index is 12.8. The van der Waals surface area contributed by atoms with Gasteiger partial charge in [-0.3, -0.25) is 14.5 Å². The van der Waals surface area contributed by atoms with Gasteiger partial charge in [0.1, 0.15) is 11.6 Å². The summed E-state index contributed by atoms with van der Waals surface area (Å²) in [5.41, 5.74) is 1.97. The number of nitrogens with zero attached hydrogens (tertiary/aromatic N) is 2. The molecule has 27 heavy (non-hydrogen) atoms. The zero-order chi connectivity index (χ0) is 19.8. The predicted molar refractivity (Wildman–Crippen MR) is 103 cm³/mol. The van der Waals surface area contributed by atoms with Crippen LogP contribution in [0.5, 0.6) is 0 Å². The number of rotatable bonds is 2. The van der Waals surface area contributed by atoms with Crippen LogP contribution in [0.25, 0.3) is 0 Å². The van der Waals surface area contributed by atoms with Crippen LogP contribution in [-0.4, -0.2) is 47.5 Å². The Kier molecular flexibility index (Phi) is 5.13. The van der Waals surface area contributed by atoms with Crippen LogP contribution in [0, 0.1) is 0 Å². The number of hydrogen-bond acceptors (Lipinski definition) is 4. The summed E-state index contributed by atoms with van der Waals surface area (Å²) in [6, 6.07) is 5.06. The van der Waals surface area contributed by atoms with Crippen LogP contribution < -0.4 is 10.2 Å². The van der Waals surface area contributed by atoms with Gasteiger partial charge in [-0.05, 0) is 57.7 Å². The van der Waals surface area contributed by atoms with E-state index in [1.807, 2.05) is 18.2 Å². The highest BCUT2D eigenvalue weighted by atomic mass is 16.6. The Labute approximate surface area is 159 Å². The molecule has 146 valence electrons. The van der Waals surface area contributed by atoms with Gasteiger partial charge >= 0.3 is 6.09 Å². The van der Waals surface area contributed by atoms with Crippen LogP contribution in [-0.2, 0) is 20.7 Å². The van der Waals surface area contributed by atoms with Crippen molar-refractivity contribution in [2.24, 2.45) is 0 Å². The second kappa shape index (κ2) is 7.21. The highest BCUT2D eigenvalue weighted by Crippen LogP contribution is 2.31. The number of carbonyl (C=O) groups excluding carboxylic acids is 3. The Morgan fingerprint density at radius 1 is 1.19 bits per heavy atom. The fourth-order valence-electron chi connectivity index (χ4n) is 3.59. The quantitative estimate of drug-likeness (QED) is 0.864. The molecule has 7 heteroatoms. The van der Waals surface area contributed by atoms with Gasteiger partial charge in [0.25, 0.3) is 0 Å². The molecule has 0 radical (unpaired) electrons. The van der Waals surface area contributed by atoms with Gasteiger partial charge in [0.2, 0.25) is 11.8 Å². The van der Waals surface area contributed by atoms with Gasteiger partial charge in [-0.1, -0.05) is 6.07 Å². The standard InChI is InChI=1S/C20H27N3O4/c1-13(24)22-11-9-14-7-8-15(12-17(14)22)21-18(25)16-6-5-10-23(16)19(26)27-20(2,3)4/h7-8,12,16H,5-6,9-11H2,1-4H3,(H,21,25). The van der Waals surface area contributed by atoms with Crippen LogP contribution in [0.1, 0.15) is 46.1 Å². The second-order valence-corrected chi connectivity index (χ2v) is 8.09. The average Bonchev–Trinajstić information content (AvgIpc) is 3.19. The lowest BCUT2D eigenvalue weighted by Crippen LogP contribution is -2.45. The van der Waals surface area contributed by atoms with E-state index in [9.17, 15) is 14.4 Å².